The number of aromatic nitrogens is 4. The van der Waals surface area contributed by atoms with Gasteiger partial charge in [0, 0.05) is 19.4 Å². The zero-order valence-corrected chi connectivity index (χ0v) is 6.31. The summed E-state index contributed by atoms with van der Waals surface area (Å²) in [5.41, 5.74) is -0.633. The molecule has 0 spiro atoms. The van der Waals surface area contributed by atoms with Crippen molar-refractivity contribution in [2.24, 2.45) is 7.05 Å². The molecular weight excluding hydrogens is 160 g/mol. The Hall–Kier alpha value is -1.85. The minimum absolute atomic E-state index is 0.220. The number of nitrogens with zero attached hydrogens (tertiary/aromatic N) is 3. The van der Waals surface area contributed by atoms with Crippen molar-refractivity contribution in [3.63, 3.8) is 0 Å². The van der Waals surface area contributed by atoms with E-state index in [1.165, 1.54) is 24.0 Å². The van der Waals surface area contributed by atoms with Gasteiger partial charge in [-0.15, -0.1) is 0 Å². The normalized spacial score (nSPS) is 10.8. The first-order valence-corrected chi connectivity index (χ1v) is 3.32. The van der Waals surface area contributed by atoms with Crippen LogP contribution in [0.2, 0.25) is 0 Å². The Balaban J connectivity index is 3.16. The Morgan fingerprint density at radius 2 is 2.25 bits per heavy atom. The summed E-state index contributed by atoms with van der Waals surface area (Å²) in [5.74, 6) is 0. The van der Waals surface area contributed by atoms with Gasteiger partial charge in [0.15, 0.2) is 0 Å². The summed E-state index contributed by atoms with van der Waals surface area (Å²) in [6, 6.07) is 0. The van der Waals surface area contributed by atoms with Crippen LogP contribution in [-0.4, -0.2) is 19.2 Å². The molecule has 2 heterocycles. The zero-order valence-electron chi connectivity index (χ0n) is 6.31. The van der Waals surface area contributed by atoms with Crippen molar-refractivity contribution < 1.29 is 0 Å². The van der Waals surface area contributed by atoms with Crippen molar-refractivity contribution in [3.05, 3.63) is 33.2 Å². The first kappa shape index (κ1) is 6.84. The second kappa shape index (κ2) is 2.07. The molecule has 6 nitrogen and oxygen atoms in total. The SMILES string of the molecule is Cn1c(=O)[nH]n2ccnc2c1=O. The summed E-state index contributed by atoms with van der Waals surface area (Å²) in [6.07, 6.45) is 2.96. The Bertz CT molecular complexity index is 532. The lowest BCUT2D eigenvalue weighted by atomic mass is 10.7. The molecule has 2 rings (SSSR count). The predicted octanol–water partition coefficient (Wildman–Crippen LogP) is -1.28. The summed E-state index contributed by atoms with van der Waals surface area (Å²) < 4.78 is 2.27. The third-order valence-electron chi connectivity index (χ3n) is 1.66. The highest BCUT2D eigenvalue weighted by atomic mass is 16.2. The van der Waals surface area contributed by atoms with Crippen LogP contribution in [0.15, 0.2) is 22.0 Å². The third-order valence-corrected chi connectivity index (χ3v) is 1.66. The Kier molecular flexibility index (Phi) is 1.18. The van der Waals surface area contributed by atoms with Gasteiger partial charge >= 0.3 is 5.69 Å². The molecule has 0 aromatic carbocycles. The van der Waals surface area contributed by atoms with E-state index in [1.807, 2.05) is 0 Å². The minimum Gasteiger partial charge on any atom is -0.265 e. The van der Waals surface area contributed by atoms with Crippen LogP contribution in [0.3, 0.4) is 0 Å². The smallest absolute Gasteiger partial charge is 0.265 e. The second-order valence-corrected chi connectivity index (χ2v) is 2.40. The number of rotatable bonds is 0. The van der Waals surface area contributed by atoms with Crippen LogP contribution in [-0.2, 0) is 7.05 Å². The van der Waals surface area contributed by atoms with Crippen LogP contribution in [0.25, 0.3) is 5.65 Å². The van der Waals surface area contributed by atoms with Crippen LogP contribution < -0.4 is 11.2 Å². The monoisotopic (exact) mass is 166 g/mol. The molecule has 0 aliphatic carbocycles. The first-order valence-electron chi connectivity index (χ1n) is 3.32. The third kappa shape index (κ3) is 0.714. The summed E-state index contributed by atoms with van der Waals surface area (Å²) in [5, 5.41) is 2.44. The van der Waals surface area contributed by atoms with E-state index in [0.29, 0.717) is 0 Å². The van der Waals surface area contributed by atoms with E-state index >= 15 is 0 Å². The van der Waals surface area contributed by atoms with Crippen molar-refractivity contribution in [1.82, 2.24) is 19.2 Å². The van der Waals surface area contributed by atoms with Crippen LogP contribution in [0, 0.1) is 0 Å². The molecule has 12 heavy (non-hydrogen) atoms. The molecule has 1 N–H and O–H groups in total. The van der Waals surface area contributed by atoms with Crippen LogP contribution in [0.5, 0.6) is 0 Å². The second-order valence-electron chi connectivity index (χ2n) is 2.40. The molecule has 0 aliphatic rings. The molecular formula is C6H6N4O2. The summed E-state index contributed by atoms with van der Waals surface area (Å²) in [4.78, 5) is 26.1. The van der Waals surface area contributed by atoms with Crippen molar-refractivity contribution in [2.75, 3.05) is 0 Å². The number of imidazole rings is 1. The van der Waals surface area contributed by atoms with Crippen LogP contribution in [0.4, 0.5) is 0 Å². The van der Waals surface area contributed by atoms with Gasteiger partial charge in [-0.1, -0.05) is 0 Å². The summed E-state index contributed by atoms with van der Waals surface area (Å²) in [7, 11) is 1.40. The van der Waals surface area contributed by atoms with Crippen molar-refractivity contribution >= 4 is 5.65 Å². The molecule has 2 aromatic heterocycles. The average molecular weight is 166 g/mol. The number of aromatic amines is 1. The largest absolute Gasteiger partial charge is 0.343 e. The average Bonchev–Trinajstić information content (AvgIpc) is 2.48. The van der Waals surface area contributed by atoms with Gasteiger partial charge in [0.25, 0.3) is 5.56 Å². The highest BCUT2D eigenvalue weighted by molar-refractivity contribution is 5.32. The van der Waals surface area contributed by atoms with E-state index in [4.69, 9.17) is 0 Å². The molecule has 0 fully saturated rings. The molecule has 0 amide bonds. The molecule has 2 aromatic rings. The van der Waals surface area contributed by atoms with E-state index in [-0.39, 0.29) is 5.65 Å². The van der Waals surface area contributed by atoms with Gasteiger partial charge in [-0.25, -0.2) is 19.4 Å². The molecule has 0 aliphatic heterocycles. The van der Waals surface area contributed by atoms with Gasteiger partial charge in [-0.2, -0.15) is 0 Å². The predicted molar refractivity (Wildman–Crippen MR) is 41.1 cm³/mol. The number of hydrogen-bond acceptors (Lipinski definition) is 3. The van der Waals surface area contributed by atoms with E-state index in [2.05, 4.69) is 10.1 Å². The fourth-order valence-corrected chi connectivity index (χ4v) is 0.972. The summed E-state index contributed by atoms with van der Waals surface area (Å²) >= 11 is 0. The van der Waals surface area contributed by atoms with E-state index in [1.54, 1.807) is 0 Å². The molecule has 0 radical (unpaired) electrons. The molecule has 0 unspecified atom stereocenters. The maximum atomic E-state index is 11.3. The Morgan fingerprint density at radius 3 is 3.00 bits per heavy atom. The van der Waals surface area contributed by atoms with Gasteiger partial charge in [0.05, 0.1) is 0 Å². The van der Waals surface area contributed by atoms with E-state index < -0.39 is 11.2 Å². The number of nitrogens with one attached hydrogen (secondary N) is 1. The molecule has 0 saturated carbocycles. The molecule has 6 heteroatoms. The fourth-order valence-electron chi connectivity index (χ4n) is 0.972. The molecule has 0 atom stereocenters. The number of H-pyrrole nitrogens is 1. The maximum Gasteiger partial charge on any atom is 0.343 e. The quantitative estimate of drug-likeness (QED) is 0.530. The molecule has 62 valence electrons. The summed E-state index contributed by atoms with van der Waals surface area (Å²) in [6.45, 7) is 0. The van der Waals surface area contributed by atoms with Gasteiger partial charge < -0.3 is 0 Å². The van der Waals surface area contributed by atoms with Crippen molar-refractivity contribution in [1.29, 1.82) is 0 Å². The Labute approximate surface area is 66.1 Å². The van der Waals surface area contributed by atoms with E-state index in [0.717, 1.165) is 4.57 Å². The maximum absolute atomic E-state index is 11.3. The lowest BCUT2D eigenvalue weighted by Crippen LogP contribution is -2.34. The van der Waals surface area contributed by atoms with Crippen molar-refractivity contribution in [2.45, 2.75) is 0 Å². The first-order chi connectivity index (χ1) is 5.70. The molecule has 0 bridgehead atoms. The van der Waals surface area contributed by atoms with Gasteiger partial charge in [-0.3, -0.25) is 9.36 Å². The highest BCUT2D eigenvalue weighted by Gasteiger charge is 2.02. The zero-order chi connectivity index (χ0) is 8.72. The van der Waals surface area contributed by atoms with Gasteiger partial charge in [0.1, 0.15) is 0 Å². The van der Waals surface area contributed by atoms with Gasteiger partial charge in [-0.05, 0) is 0 Å². The number of hydrogen-bond donors (Lipinski definition) is 1. The lowest BCUT2D eigenvalue weighted by molar-refractivity contribution is 0.714. The Morgan fingerprint density at radius 1 is 1.50 bits per heavy atom. The fraction of sp³-hybridized carbons (Fsp3) is 0.167. The minimum atomic E-state index is -0.453. The standard InChI is InChI=1S/C6H6N4O2/c1-9-5(11)4-7-2-3-10(4)8-6(9)12/h2-3H,1H3,(H,8,12). The topological polar surface area (TPSA) is 72.2 Å². The lowest BCUT2D eigenvalue weighted by Gasteiger charge is -1.95. The van der Waals surface area contributed by atoms with Crippen LogP contribution >= 0.6 is 0 Å². The van der Waals surface area contributed by atoms with Crippen molar-refractivity contribution in [3.8, 4) is 0 Å². The van der Waals surface area contributed by atoms with Gasteiger partial charge in [0.2, 0.25) is 5.65 Å². The highest BCUT2D eigenvalue weighted by Crippen LogP contribution is 1.84. The number of fused-ring (bicyclic) bond motifs is 1. The van der Waals surface area contributed by atoms with E-state index in [9.17, 15) is 9.59 Å². The van der Waals surface area contributed by atoms with Crippen LogP contribution in [0.1, 0.15) is 0 Å². The molecule has 0 saturated heterocycles.